The first-order valence-corrected chi connectivity index (χ1v) is 6.40. The van der Waals surface area contributed by atoms with Crippen LogP contribution < -0.4 is 4.90 Å². The van der Waals surface area contributed by atoms with E-state index in [4.69, 9.17) is 0 Å². The van der Waals surface area contributed by atoms with Crippen LogP contribution in [0.2, 0.25) is 0 Å². The molecule has 0 unspecified atom stereocenters. The van der Waals surface area contributed by atoms with E-state index in [1.54, 1.807) is 0 Å². The molecule has 0 saturated carbocycles. The molecule has 1 fully saturated rings. The van der Waals surface area contributed by atoms with Crippen LogP contribution in [-0.2, 0) is 11.4 Å². The number of aliphatic hydroxyl groups excluding tert-OH is 1. The summed E-state index contributed by atoms with van der Waals surface area (Å²) in [7, 11) is 1.89. The fourth-order valence-corrected chi connectivity index (χ4v) is 2.37. The molecule has 0 atom stereocenters. The molecule has 2 rings (SSSR count). The van der Waals surface area contributed by atoms with E-state index < -0.39 is 0 Å². The summed E-state index contributed by atoms with van der Waals surface area (Å²) in [6, 6.07) is 7.63. The van der Waals surface area contributed by atoms with Crippen molar-refractivity contribution in [1.29, 1.82) is 0 Å². The molecule has 4 heteroatoms. The average molecular weight is 248 g/mol. The van der Waals surface area contributed by atoms with E-state index in [1.165, 1.54) is 0 Å². The van der Waals surface area contributed by atoms with Gasteiger partial charge >= 0.3 is 0 Å². The Balaban J connectivity index is 2.02. The van der Waals surface area contributed by atoms with E-state index in [0.717, 1.165) is 37.2 Å². The third kappa shape index (κ3) is 2.82. The third-order valence-electron chi connectivity index (χ3n) is 3.40. The average Bonchev–Trinajstić information content (AvgIpc) is 2.92. The number of carbonyl (C=O) groups is 1. The zero-order valence-corrected chi connectivity index (χ0v) is 10.8. The van der Waals surface area contributed by atoms with Gasteiger partial charge in [0.25, 0.3) is 0 Å². The van der Waals surface area contributed by atoms with Crippen LogP contribution in [0.3, 0.4) is 0 Å². The molecule has 0 spiro atoms. The highest BCUT2D eigenvalue weighted by molar-refractivity contribution is 5.81. The van der Waals surface area contributed by atoms with Crippen molar-refractivity contribution in [2.24, 2.45) is 0 Å². The Kier molecular flexibility index (Phi) is 4.20. The number of carbonyl (C=O) groups excluding carboxylic acids is 1. The predicted octanol–water partition coefficient (Wildman–Crippen LogP) is 1.24. The molecule has 1 N–H and O–H groups in total. The lowest BCUT2D eigenvalue weighted by Gasteiger charge is -2.24. The smallest absolute Gasteiger partial charge is 0.242 e. The molecule has 18 heavy (non-hydrogen) atoms. The van der Waals surface area contributed by atoms with Crippen LogP contribution in [0.4, 0.5) is 5.69 Å². The Morgan fingerprint density at radius 2 is 2.00 bits per heavy atom. The summed E-state index contributed by atoms with van der Waals surface area (Å²) in [6.45, 7) is 2.14. The van der Waals surface area contributed by atoms with E-state index in [9.17, 15) is 9.90 Å². The molecule has 0 aromatic heterocycles. The van der Waals surface area contributed by atoms with Gasteiger partial charge in [0.2, 0.25) is 5.91 Å². The predicted molar refractivity (Wildman–Crippen MR) is 71.4 cm³/mol. The second-order valence-electron chi connectivity index (χ2n) is 4.73. The summed E-state index contributed by atoms with van der Waals surface area (Å²) >= 11 is 0. The van der Waals surface area contributed by atoms with Crippen molar-refractivity contribution >= 4 is 11.6 Å². The van der Waals surface area contributed by atoms with Gasteiger partial charge in [-0.25, -0.2) is 0 Å². The van der Waals surface area contributed by atoms with Gasteiger partial charge in [0, 0.05) is 31.4 Å². The van der Waals surface area contributed by atoms with Gasteiger partial charge in [-0.2, -0.15) is 0 Å². The van der Waals surface area contributed by atoms with Crippen molar-refractivity contribution in [3.8, 4) is 0 Å². The van der Waals surface area contributed by atoms with E-state index in [1.807, 2.05) is 41.1 Å². The molecule has 0 bridgehead atoms. The number of benzene rings is 1. The fourth-order valence-electron chi connectivity index (χ4n) is 2.37. The first-order chi connectivity index (χ1) is 8.72. The molecule has 1 aliphatic heterocycles. The quantitative estimate of drug-likeness (QED) is 0.872. The number of aliphatic hydroxyl groups is 1. The number of likely N-dealkylation sites (tertiary alicyclic amines) is 1. The third-order valence-corrected chi connectivity index (χ3v) is 3.40. The van der Waals surface area contributed by atoms with Crippen LogP contribution >= 0.6 is 0 Å². The summed E-state index contributed by atoms with van der Waals surface area (Å²) in [6.07, 6.45) is 2.23. The van der Waals surface area contributed by atoms with Crippen LogP contribution in [0.1, 0.15) is 18.4 Å². The minimum Gasteiger partial charge on any atom is -0.392 e. The van der Waals surface area contributed by atoms with Gasteiger partial charge in [-0.1, -0.05) is 18.2 Å². The van der Waals surface area contributed by atoms with Crippen LogP contribution in [0.15, 0.2) is 24.3 Å². The summed E-state index contributed by atoms with van der Waals surface area (Å²) in [5.41, 5.74) is 1.78. The maximum absolute atomic E-state index is 12.1. The van der Waals surface area contributed by atoms with Gasteiger partial charge in [-0.3, -0.25) is 4.79 Å². The SMILES string of the molecule is CN(CC(=O)N1CCCC1)c1ccccc1CO. The molecular formula is C14H20N2O2. The van der Waals surface area contributed by atoms with Crippen molar-refractivity contribution in [3.63, 3.8) is 0 Å². The van der Waals surface area contributed by atoms with E-state index >= 15 is 0 Å². The van der Waals surface area contributed by atoms with Gasteiger partial charge in [-0.15, -0.1) is 0 Å². The largest absolute Gasteiger partial charge is 0.392 e. The topological polar surface area (TPSA) is 43.8 Å². The molecule has 1 amide bonds. The van der Waals surface area contributed by atoms with Crippen molar-refractivity contribution in [1.82, 2.24) is 4.90 Å². The number of para-hydroxylation sites is 1. The summed E-state index contributed by atoms with van der Waals surface area (Å²) in [5.74, 6) is 0.169. The first-order valence-electron chi connectivity index (χ1n) is 6.40. The van der Waals surface area contributed by atoms with Crippen LogP contribution in [0, 0.1) is 0 Å². The van der Waals surface area contributed by atoms with Gasteiger partial charge in [-0.05, 0) is 18.9 Å². The van der Waals surface area contributed by atoms with Crippen LogP contribution in [-0.4, -0.2) is 42.6 Å². The van der Waals surface area contributed by atoms with E-state index in [2.05, 4.69) is 0 Å². The summed E-state index contributed by atoms with van der Waals surface area (Å²) < 4.78 is 0. The number of hydrogen-bond donors (Lipinski definition) is 1. The lowest BCUT2D eigenvalue weighted by molar-refractivity contribution is -0.128. The Labute approximate surface area is 108 Å². The molecule has 1 heterocycles. The van der Waals surface area contributed by atoms with Gasteiger partial charge < -0.3 is 14.9 Å². The number of rotatable bonds is 4. The van der Waals surface area contributed by atoms with Crippen LogP contribution in [0.25, 0.3) is 0 Å². The summed E-state index contributed by atoms with van der Waals surface area (Å²) in [4.78, 5) is 15.9. The zero-order valence-electron chi connectivity index (χ0n) is 10.8. The highest BCUT2D eigenvalue weighted by Gasteiger charge is 2.19. The fraction of sp³-hybridized carbons (Fsp3) is 0.500. The van der Waals surface area contributed by atoms with E-state index in [-0.39, 0.29) is 12.5 Å². The van der Waals surface area contributed by atoms with Crippen molar-refractivity contribution in [3.05, 3.63) is 29.8 Å². The Morgan fingerprint density at radius 3 is 2.67 bits per heavy atom. The Morgan fingerprint density at radius 1 is 1.33 bits per heavy atom. The Bertz CT molecular complexity index is 414. The molecule has 0 aliphatic carbocycles. The number of nitrogens with zero attached hydrogens (tertiary/aromatic N) is 2. The maximum atomic E-state index is 12.1. The van der Waals surface area contributed by atoms with Gasteiger partial charge in [0.1, 0.15) is 0 Å². The normalized spacial score (nSPS) is 14.9. The number of hydrogen-bond acceptors (Lipinski definition) is 3. The lowest BCUT2D eigenvalue weighted by atomic mass is 10.1. The maximum Gasteiger partial charge on any atom is 0.242 e. The molecule has 1 aromatic rings. The standard InChI is InChI=1S/C14H20N2O2/c1-15(10-14(18)16-8-4-5-9-16)13-7-3-2-6-12(13)11-17/h2-3,6-7,17H,4-5,8-11H2,1H3. The van der Waals surface area contributed by atoms with Crippen LogP contribution in [0.5, 0.6) is 0 Å². The molecule has 4 nitrogen and oxygen atoms in total. The molecule has 1 aromatic carbocycles. The van der Waals surface area contributed by atoms with Gasteiger partial charge in [0.05, 0.1) is 13.2 Å². The number of amides is 1. The zero-order chi connectivity index (χ0) is 13.0. The van der Waals surface area contributed by atoms with Crippen molar-refractivity contribution < 1.29 is 9.90 Å². The Hall–Kier alpha value is -1.55. The highest BCUT2D eigenvalue weighted by Crippen LogP contribution is 2.19. The number of likely N-dealkylation sites (N-methyl/N-ethyl adjacent to an activating group) is 1. The first kappa shape index (κ1) is 12.9. The lowest BCUT2D eigenvalue weighted by Crippen LogP contribution is -2.37. The van der Waals surface area contributed by atoms with E-state index in [0.29, 0.717) is 6.54 Å². The summed E-state index contributed by atoms with van der Waals surface area (Å²) in [5, 5.41) is 9.29. The van der Waals surface area contributed by atoms with Crippen molar-refractivity contribution in [2.75, 3.05) is 31.6 Å². The second kappa shape index (κ2) is 5.87. The second-order valence-corrected chi connectivity index (χ2v) is 4.73. The monoisotopic (exact) mass is 248 g/mol. The minimum atomic E-state index is -0.00157. The molecule has 1 aliphatic rings. The number of anilines is 1. The minimum absolute atomic E-state index is 0.00157. The molecule has 98 valence electrons. The molecule has 1 saturated heterocycles. The van der Waals surface area contributed by atoms with Crippen molar-refractivity contribution in [2.45, 2.75) is 19.4 Å². The molecule has 0 radical (unpaired) electrons. The highest BCUT2D eigenvalue weighted by atomic mass is 16.3. The van der Waals surface area contributed by atoms with Gasteiger partial charge in [0.15, 0.2) is 0 Å². The molecular weight excluding hydrogens is 228 g/mol.